The van der Waals surface area contributed by atoms with E-state index in [-0.39, 0.29) is 5.04 Å². The van der Waals surface area contributed by atoms with Crippen molar-refractivity contribution in [3.05, 3.63) is 60.7 Å². The molecule has 0 amide bonds. The first-order valence-corrected chi connectivity index (χ1v) is 11.5. The summed E-state index contributed by atoms with van der Waals surface area (Å²) in [4.78, 5) is 10.8. The van der Waals surface area contributed by atoms with Gasteiger partial charge in [0.15, 0.2) is 0 Å². The van der Waals surface area contributed by atoms with Gasteiger partial charge >= 0.3 is 0 Å². The van der Waals surface area contributed by atoms with Crippen LogP contribution in [0.2, 0.25) is 5.04 Å². The van der Waals surface area contributed by atoms with Gasteiger partial charge in [-0.3, -0.25) is 0 Å². The Kier molecular flexibility index (Phi) is 7.36. The van der Waals surface area contributed by atoms with Gasteiger partial charge in [0.2, 0.25) is 0 Å². The number of hydrogen-bond donors (Lipinski definition) is 0. The average molecular weight is 369 g/mol. The standard InChI is InChI=1S/C23H32O2Si/c1-5-20(13-12-18-24)19-25-26(23(2,3)4,21-14-8-6-9-15-21)22-16-10-7-11-17-22/h6-11,14-18,20H,5,12-13,19H2,1-4H3/t20-/m1/s1. The van der Waals surface area contributed by atoms with Gasteiger partial charge in [-0.05, 0) is 27.8 Å². The summed E-state index contributed by atoms with van der Waals surface area (Å²) in [5.41, 5.74) is 0. The van der Waals surface area contributed by atoms with E-state index in [0.717, 1.165) is 19.1 Å². The number of carbonyl (C=O) groups excluding carboxylic acids is 1. The Morgan fingerprint density at radius 1 is 0.962 bits per heavy atom. The zero-order chi connectivity index (χ0) is 19.0. The zero-order valence-corrected chi connectivity index (χ0v) is 17.6. The highest BCUT2D eigenvalue weighted by Gasteiger charge is 2.50. The molecule has 2 aromatic rings. The number of hydrogen-bond acceptors (Lipinski definition) is 2. The van der Waals surface area contributed by atoms with E-state index < -0.39 is 8.32 Å². The van der Waals surface area contributed by atoms with Crippen LogP contribution in [0.1, 0.15) is 47.0 Å². The molecule has 0 radical (unpaired) electrons. The van der Waals surface area contributed by atoms with Crippen molar-refractivity contribution in [2.45, 2.75) is 52.0 Å². The van der Waals surface area contributed by atoms with Gasteiger partial charge in [-0.1, -0.05) is 94.8 Å². The summed E-state index contributed by atoms with van der Waals surface area (Å²) < 4.78 is 6.94. The highest BCUT2D eigenvalue weighted by Crippen LogP contribution is 2.37. The highest BCUT2D eigenvalue weighted by molar-refractivity contribution is 6.99. The molecule has 0 fully saturated rings. The first-order chi connectivity index (χ1) is 12.5. The molecular weight excluding hydrogens is 336 g/mol. The van der Waals surface area contributed by atoms with E-state index in [4.69, 9.17) is 4.43 Å². The summed E-state index contributed by atoms with van der Waals surface area (Å²) in [6.07, 6.45) is 3.57. The maximum atomic E-state index is 10.8. The normalized spacial score (nSPS) is 13.4. The lowest BCUT2D eigenvalue weighted by Gasteiger charge is -2.43. The minimum atomic E-state index is -2.46. The van der Waals surface area contributed by atoms with Crippen LogP contribution in [-0.4, -0.2) is 21.2 Å². The highest BCUT2D eigenvalue weighted by atomic mass is 28.4. The van der Waals surface area contributed by atoms with E-state index in [1.807, 2.05) is 0 Å². The molecular formula is C23H32O2Si. The summed E-state index contributed by atoms with van der Waals surface area (Å²) in [5.74, 6) is 0.418. The summed E-state index contributed by atoms with van der Waals surface area (Å²) in [6, 6.07) is 21.4. The van der Waals surface area contributed by atoms with Crippen molar-refractivity contribution in [1.29, 1.82) is 0 Å². The van der Waals surface area contributed by atoms with Crippen LogP contribution in [0.15, 0.2) is 60.7 Å². The van der Waals surface area contributed by atoms with Crippen LogP contribution >= 0.6 is 0 Å². The molecule has 2 nitrogen and oxygen atoms in total. The maximum absolute atomic E-state index is 10.8. The van der Waals surface area contributed by atoms with Gasteiger partial charge in [0.05, 0.1) is 0 Å². The topological polar surface area (TPSA) is 26.3 Å². The monoisotopic (exact) mass is 368 g/mol. The van der Waals surface area contributed by atoms with Crippen molar-refractivity contribution in [2.24, 2.45) is 5.92 Å². The molecule has 0 heterocycles. The smallest absolute Gasteiger partial charge is 0.261 e. The molecule has 140 valence electrons. The predicted molar refractivity (Wildman–Crippen MR) is 113 cm³/mol. The maximum Gasteiger partial charge on any atom is 0.261 e. The second-order valence-electron chi connectivity index (χ2n) is 7.99. The van der Waals surface area contributed by atoms with Crippen LogP contribution in [0, 0.1) is 5.92 Å². The number of rotatable bonds is 9. The van der Waals surface area contributed by atoms with Crippen molar-refractivity contribution in [3.8, 4) is 0 Å². The van der Waals surface area contributed by atoms with Gasteiger partial charge in [-0.15, -0.1) is 0 Å². The molecule has 0 aliphatic carbocycles. The largest absolute Gasteiger partial charge is 0.407 e. The van der Waals surface area contributed by atoms with Crippen molar-refractivity contribution >= 4 is 25.0 Å². The van der Waals surface area contributed by atoms with Gasteiger partial charge in [0.25, 0.3) is 8.32 Å². The number of carbonyl (C=O) groups is 1. The Hall–Kier alpha value is -1.71. The van der Waals surface area contributed by atoms with Gasteiger partial charge < -0.3 is 9.22 Å². The van der Waals surface area contributed by atoms with E-state index >= 15 is 0 Å². The summed E-state index contributed by atoms with van der Waals surface area (Å²) in [7, 11) is -2.46. The Morgan fingerprint density at radius 3 is 1.85 bits per heavy atom. The first kappa shape index (κ1) is 20.6. The number of benzene rings is 2. The molecule has 0 saturated carbocycles. The lowest BCUT2D eigenvalue weighted by atomic mass is 10.0. The van der Waals surface area contributed by atoms with Crippen molar-refractivity contribution < 1.29 is 9.22 Å². The Bertz CT molecular complexity index is 622. The molecule has 0 aliphatic rings. The second kappa shape index (κ2) is 9.29. The van der Waals surface area contributed by atoms with Crippen LogP contribution in [0.4, 0.5) is 0 Å². The van der Waals surface area contributed by atoms with Gasteiger partial charge in [0, 0.05) is 13.0 Å². The number of aldehydes is 1. The third kappa shape index (κ3) is 4.52. The third-order valence-electron chi connectivity index (χ3n) is 5.22. The van der Waals surface area contributed by atoms with Crippen molar-refractivity contribution in [3.63, 3.8) is 0 Å². The Labute approximate surface area is 159 Å². The summed E-state index contributed by atoms with van der Waals surface area (Å²) in [5, 5.41) is 2.62. The Balaban J connectivity index is 2.48. The molecule has 26 heavy (non-hydrogen) atoms. The van der Waals surface area contributed by atoms with Gasteiger partial charge in [0.1, 0.15) is 6.29 Å². The summed E-state index contributed by atoms with van der Waals surface area (Å²) >= 11 is 0. The lowest BCUT2D eigenvalue weighted by molar-refractivity contribution is -0.108. The fourth-order valence-corrected chi connectivity index (χ4v) is 8.35. The molecule has 0 spiro atoms. The minimum absolute atomic E-state index is 0.00133. The van der Waals surface area contributed by atoms with E-state index in [1.165, 1.54) is 10.4 Å². The SMILES string of the molecule is CC[C@H](CCC=O)CO[Si](c1ccccc1)(c1ccccc1)C(C)(C)C. The average Bonchev–Trinajstić information content (AvgIpc) is 2.65. The lowest BCUT2D eigenvalue weighted by Crippen LogP contribution is -2.66. The molecule has 0 aromatic heterocycles. The van der Waals surface area contributed by atoms with Crippen molar-refractivity contribution in [2.75, 3.05) is 6.61 Å². The van der Waals surface area contributed by atoms with Crippen molar-refractivity contribution in [1.82, 2.24) is 0 Å². The van der Waals surface area contributed by atoms with Crippen LogP contribution in [0.3, 0.4) is 0 Å². The molecule has 0 aliphatic heterocycles. The molecule has 2 aromatic carbocycles. The first-order valence-electron chi connectivity index (χ1n) is 9.64. The van der Waals surface area contributed by atoms with E-state index in [1.54, 1.807) is 0 Å². The third-order valence-corrected chi connectivity index (χ3v) is 10.2. The molecule has 2 rings (SSSR count). The van der Waals surface area contributed by atoms with E-state index in [0.29, 0.717) is 18.9 Å². The molecule has 0 bridgehead atoms. The fourth-order valence-electron chi connectivity index (χ4n) is 3.71. The second-order valence-corrected chi connectivity index (χ2v) is 12.3. The molecule has 0 saturated heterocycles. The minimum Gasteiger partial charge on any atom is -0.407 e. The van der Waals surface area contributed by atoms with Crippen LogP contribution in [-0.2, 0) is 9.22 Å². The predicted octanol–water partition coefficient (Wildman–Crippen LogP) is 4.57. The molecule has 1 atom stereocenters. The quantitative estimate of drug-likeness (QED) is 0.479. The molecule has 0 N–H and O–H groups in total. The van der Waals surface area contributed by atoms with Crippen LogP contribution in [0.5, 0.6) is 0 Å². The van der Waals surface area contributed by atoms with E-state index in [2.05, 4.69) is 88.4 Å². The van der Waals surface area contributed by atoms with Gasteiger partial charge in [-0.2, -0.15) is 0 Å². The molecule has 3 heteroatoms. The summed E-state index contributed by atoms with van der Waals surface area (Å²) in [6.45, 7) is 9.78. The zero-order valence-electron chi connectivity index (χ0n) is 16.6. The van der Waals surface area contributed by atoms with Crippen LogP contribution in [0.25, 0.3) is 0 Å². The Morgan fingerprint density at radius 2 is 1.46 bits per heavy atom. The van der Waals surface area contributed by atoms with Gasteiger partial charge in [-0.25, -0.2) is 0 Å². The van der Waals surface area contributed by atoms with Crippen LogP contribution < -0.4 is 10.4 Å². The fraction of sp³-hybridized carbons (Fsp3) is 0.435. The molecule has 0 unspecified atom stereocenters. The van der Waals surface area contributed by atoms with E-state index in [9.17, 15) is 4.79 Å².